The van der Waals surface area contributed by atoms with Crippen LogP contribution in [0.3, 0.4) is 0 Å². The molecule has 0 amide bonds. The Bertz CT molecular complexity index is 6100. The van der Waals surface area contributed by atoms with Crippen molar-refractivity contribution in [1.82, 2.24) is 0 Å². The molecule has 494 valence electrons. The van der Waals surface area contributed by atoms with Crippen molar-refractivity contribution < 1.29 is 0 Å². The number of rotatable bonds is 12. The molecular formula is C98H66B2N6. The lowest BCUT2D eigenvalue weighted by Gasteiger charge is -2.47. The molecule has 8 heteroatoms. The summed E-state index contributed by atoms with van der Waals surface area (Å²) < 4.78 is 0. The molecule has 0 unspecified atom stereocenters. The molecule has 0 N–H and O–H groups in total. The Labute approximate surface area is 618 Å². The van der Waals surface area contributed by atoms with Gasteiger partial charge in [0.25, 0.3) is 13.4 Å². The second-order valence-corrected chi connectivity index (χ2v) is 27.9. The third kappa shape index (κ3) is 9.68. The minimum Gasteiger partial charge on any atom is -0.311 e. The molecular weight excluding hydrogens is 1280 g/mol. The quantitative estimate of drug-likeness (QED) is 0.0891. The maximum absolute atomic E-state index is 2.64. The van der Waals surface area contributed by atoms with Gasteiger partial charge in [-0.3, -0.25) is 0 Å². The first-order valence-electron chi connectivity index (χ1n) is 36.6. The summed E-state index contributed by atoms with van der Waals surface area (Å²) in [6.45, 7) is -0.402. The Kier molecular flexibility index (Phi) is 14.4. The van der Waals surface area contributed by atoms with Gasteiger partial charge in [-0.25, -0.2) is 0 Å². The molecule has 0 aromatic heterocycles. The van der Waals surface area contributed by atoms with E-state index in [1.54, 1.807) is 0 Å². The minimum absolute atomic E-state index is 0.186. The summed E-state index contributed by atoms with van der Waals surface area (Å²) in [5, 5.41) is 4.92. The van der Waals surface area contributed by atoms with Crippen LogP contribution < -0.4 is 62.2 Å². The molecule has 0 aliphatic carbocycles. The van der Waals surface area contributed by atoms with Crippen LogP contribution in [-0.4, -0.2) is 13.4 Å². The molecule has 21 rings (SSSR count). The van der Waals surface area contributed by atoms with E-state index in [0.29, 0.717) is 0 Å². The van der Waals surface area contributed by atoms with Gasteiger partial charge in [0.2, 0.25) is 0 Å². The Morgan fingerprint density at radius 3 is 0.783 bits per heavy atom. The molecule has 4 aliphatic rings. The maximum Gasteiger partial charge on any atom is 0.252 e. The highest BCUT2D eigenvalue weighted by Crippen LogP contribution is 2.53. The topological polar surface area (TPSA) is 19.4 Å². The summed E-state index contributed by atoms with van der Waals surface area (Å²) in [6, 6.07) is 148. The van der Waals surface area contributed by atoms with E-state index < -0.39 is 0 Å². The number of nitrogens with zero attached hydrogens (tertiary/aromatic N) is 6. The molecule has 4 heterocycles. The van der Waals surface area contributed by atoms with Gasteiger partial charge in [-0.05, 0) is 216 Å². The first-order valence-corrected chi connectivity index (χ1v) is 36.6. The van der Waals surface area contributed by atoms with Crippen LogP contribution in [0.15, 0.2) is 400 Å². The molecule has 6 nitrogen and oxygen atoms in total. The number of fused-ring (bicyclic) bond motifs is 10. The van der Waals surface area contributed by atoms with Crippen molar-refractivity contribution in [3.63, 3.8) is 0 Å². The van der Waals surface area contributed by atoms with Gasteiger partial charge in [-0.15, -0.1) is 0 Å². The highest BCUT2D eigenvalue weighted by atomic mass is 15.2. The van der Waals surface area contributed by atoms with E-state index in [2.05, 4.69) is 430 Å². The molecule has 0 saturated carbocycles. The fourth-order valence-corrected chi connectivity index (χ4v) is 17.8. The average Bonchev–Trinajstić information content (AvgIpc) is 0.683. The predicted molar refractivity (Wildman–Crippen MR) is 450 cm³/mol. The van der Waals surface area contributed by atoms with Crippen LogP contribution in [0, 0.1) is 0 Å². The first kappa shape index (κ1) is 60.9. The fourth-order valence-electron chi connectivity index (χ4n) is 17.8. The molecule has 0 spiro atoms. The van der Waals surface area contributed by atoms with Crippen molar-refractivity contribution >= 4 is 170 Å². The highest BCUT2D eigenvalue weighted by Gasteiger charge is 2.49. The van der Waals surface area contributed by atoms with Crippen LogP contribution in [0.4, 0.5) is 102 Å². The number of anilines is 18. The van der Waals surface area contributed by atoms with Crippen LogP contribution in [0.25, 0.3) is 43.8 Å². The molecule has 0 fully saturated rings. The summed E-state index contributed by atoms with van der Waals surface area (Å²) in [7, 11) is 0. The van der Waals surface area contributed by atoms with E-state index in [9.17, 15) is 0 Å². The molecule has 106 heavy (non-hydrogen) atoms. The van der Waals surface area contributed by atoms with Crippen LogP contribution in [-0.2, 0) is 0 Å². The van der Waals surface area contributed by atoms with Crippen molar-refractivity contribution in [2.24, 2.45) is 0 Å². The summed E-state index contributed by atoms with van der Waals surface area (Å²) in [6.07, 6.45) is 0. The number of hydrogen-bond donors (Lipinski definition) is 0. The molecule has 17 aromatic rings. The monoisotopic (exact) mass is 1350 g/mol. The van der Waals surface area contributed by atoms with Crippen LogP contribution in [0.1, 0.15) is 0 Å². The van der Waals surface area contributed by atoms with Crippen molar-refractivity contribution in [3.05, 3.63) is 400 Å². The van der Waals surface area contributed by atoms with Gasteiger partial charge in [0.1, 0.15) is 0 Å². The summed E-state index contributed by atoms with van der Waals surface area (Å²) >= 11 is 0. The summed E-state index contributed by atoms with van der Waals surface area (Å²) in [5.74, 6) is 0. The van der Waals surface area contributed by atoms with Crippen molar-refractivity contribution in [2.45, 2.75) is 0 Å². The Hall–Kier alpha value is -13.8. The SMILES string of the molecule is c1ccc(-c2c3ccccc3c(-c3ccc(N4c5ccccc5B5c6cc7c(cc6N(c6ccccc6)c6cc(N(c8ccccc8)c8ccccc8)cc4c65)N(c4ccccc4)c4cc(N(c5ccccc5)c5ccccc5)cc5c4B7c4ccccc4N5c4ccccc4)cc3)c3ccccc23)cc1. The van der Waals surface area contributed by atoms with Gasteiger partial charge in [0.05, 0.1) is 11.4 Å². The van der Waals surface area contributed by atoms with Crippen molar-refractivity contribution in [2.75, 3.05) is 29.4 Å². The maximum atomic E-state index is 2.64. The van der Waals surface area contributed by atoms with E-state index in [1.807, 2.05) is 0 Å². The van der Waals surface area contributed by atoms with Crippen molar-refractivity contribution in [1.29, 1.82) is 0 Å². The fraction of sp³-hybridized carbons (Fsp3) is 0. The standard InChI is InChI=1S/C98H66B2N6/c1-9-33-67(34-10-1)95-79-49-25-27-51-81(79)96(82-52-28-26-50-80(82)95)68-57-59-76(60-58-68)104-88-56-32-30-54-84(88)100-86-65-85-89(66-90(86)106(75-47-23-8-24-48-75)94-64-78(62-92(104)98(94)100)102(71-39-15-4-16-40-71)72-41-17-5-18-42-72)105(74-45-21-7-22-46-74)93-63-77(101(69-35-11-2-12-36-69)70-37-13-3-14-38-70)61-91-97(93)99(85)83-53-29-31-55-87(83)103(91)73-43-19-6-20-44-73/h1-66H. The zero-order valence-corrected chi connectivity index (χ0v) is 57.9. The van der Waals surface area contributed by atoms with E-state index in [-0.39, 0.29) is 13.4 Å². The van der Waals surface area contributed by atoms with E-state index in [0.717, 1.165) is 108 Å². The minimum atomic E-state index is -0.216. The summed E-state index contributed by atoms with van der Waals surface area (Å²) in [4.78, 5) is 15.1. The second-order valence-electron chi connectivity index (χ2n) is 27.9. The van der Waals surface area contributed by atoms with E-state index in [1.165, 1.54) is 71.0 Å². The molecule has 0 bridgehead atoms. The van der Waals surface area contributed by atoms with Crippen LogP contribution in [0.5, 0.6) is 0 Å². The average molecular weight is 1350 g/mol. The van der Waals surface area contributed by atoms with E-state index >= 15 is 0 Å². The third-order valence-corrected chi connectivity index (χ3v) is 22.1. The largest absolute Gasteiger partial charge is 0.311 e. The van der Waals surface area contributed by atoms with Gasteiger partial charge in [-0.2, -0.15) is 0 Å². The summed E-state index contributed by atoms with van der Waals surface area (Å²) in [5.41, 5.74) is 32.0. The molecule has 17 aromatic carbocycles. The predicted octanol–water partition coefficient (Wildman–Crippen LogP) is 22.4. The molecule has 0 radical (unpaired) electrons. The second kappa shape index (κ2) is 25.0. The zero-order chi connectivity index (χ0) is 69.8. The zero-order valence-electron chi connectivity index (χ0n) is 57.9. The number of para-hydroxylation sites is 9. The number of hydrogen-bond acceptors (Lipinski definition) is 6. The molecule has 0 atom stereocenters. The molecule has 4 aliphatic heterocycles. The Morgan fingerprint density at radius 2 is 0.443 bits per heavy atom. The lowest BCUT2D eigenvalue weighted by atomic mass is 9.30. The normalized spacial score (nSPS) is 12.8. The van der Waals surface area contributed by atoms with Gasteiger partial charge in [0.15, 0.2) is 0 Å². The molecule has 0 saturated heterocycles. The van der Waals surface area contributed by atoms with Crippen LogP contribution in [0.2, 0.25) is 0 Å². The third-order valence-electron chi connectivity index (χ3n) is 22.1. The highest BCUT2D eigenvalue weighted by molar-refractivity contribution is 7.03. The van der Waals surface area contributed by atoms with Gasteiger partial charge in [0, 0.05) is 91.0 Å². The first-order chi connectivity index (χ1) is 52.7. The lowest BCUT2D eigenvalue weighted by Crippen LogP contribution is -2.65. The van der Waals surface area contributed by atoms with Crippen molar-refractivity contribution in [3.8, 4) is 22.3 Å². The lowest BCUT2D eigenvalue weighted by molar-refractivity contribution is 1.21. The van der Waals surface area contributed by atoms with Gasteiger partial charge in [-0.1, -0.05) is 261 Å². The van der Waals surface area contributed by atoms with Crippen LogP contribution >= 0.6 is 0 Å². The van der Waals surface area contributed by atoms with Gasteiger partial charge >= 0.3 is 0 Å². The van der Waals surface area contributed by atoms with Gasteiger partial charge < -0.3 is 29.4 Å². The Balaban J connectivity index is 0.837. The van der Waals surface area contributed by atoms with E-state index in [4.69, 9.17) is 0 Å². The number of benzene rings is 17. The smallest absolute Gasteiger partial charge is 0.252 e. The Morgan fingerprint density at radius 1 is 0.179 bits per heavy atom.